The van der Waals surface area contributed by atoms with Crippen LogP contribution in [0, 0.1) is 0 Å². The normalized spacial score (nSPS) is 11.7. The molecule has 5 nitrogen and oxygen atoms in total. The minimum atomic E-state index is -0.559. The van der Waals surface area contributed by atoms with E-state index < -0.39 is 12.0 Å². The number of primary amides is 1. The lowest BCUT2D eigenvalue weighted by atomic mass is 10.2. The van der Waals surface area contributed by atoms with Crippen LogP contribution in [0.3, 0.4) is 0 Å². The Kier molecular flexibility index (Phi) is 7.92. The number of amides is 2. The van der Waals surface area contributed by atoms with Crippen molar-refractivity contribution in [3.63, 3.8) is 0 Å². The van der Waals surface area contributed by atoms with Gasteiger partial charge in [0.15, 0.2) is 0 Å². The van der Waals surface area contributed by atoms with Crippen LogP contribution in [-0.4, -0.2) is 36.0 Å². The van der Waals surface area contributed by atoms with Crippen LogP contribution >= 0.6 is 0 Å². The predicted octanol–water partition coefficient (Wildman–Crippen LogP) is 1.87. The molecule has 0 aliphatic carbocycles. The maximum Gasteiger partial charge on any atom is 0.251 e. The summed E-state index contributed by atoms with van der Waals surface area (Å²) in [5, 5.41) is 0. The molecule has 120 valence electrons. The Bertz CT molecular complexity index is 488. The van der Waals surface area contributed by atoms with Crippen LogP contribution in [0.5, 0.6) is 0 Å². The van der Waals surface area contributed by atoms with Gasteiger partial charge < -0.3 is 15.4 Å². The Morgan fingerprint density at radius 3 is 2.64 bits per heavy atom. The molecule has 5 heteroatoms. The molecule has 0 aliphatic heterocycles. The van der Waals surface area contributed by atoms with Gasteiger partial charge in [0.1, 0.15) is 6.10 Å². The van der Waals surface area contributed by atoms with Crippen LogP contribution in [0.1, 0.15) is 25.3 Å². The third kappa shape index (κ3) is 6.54. The van der Waals surface area contributed by atoms with Gasteiger partial charge in [-0.1, -0.05) is 36.4 Å². The minimum Gasteiger partial charge on any atom is -0.370 e. The van der Waals surface area contributed by atoms with Gasteiger partial charge in [-0.15, -0.1) is 6.58 Å². The average Bonchev–Trinajstić information content (AvgIpc) is 2.51. The number of hydrogen-bond acceptors (Lipinski definition) is 3. The Morgan fingerprint density at radius 2 is 2.05 bits per heavy atom. The first-order valence-corrected chi connectivity index (χ1v) is 7.38. The molecule has 0 radical (unpaired) electrons. The maximum absolute atomic E-state index is 12.5. The van der Waals surface area contributed by atoms with Crippen molar-refractivity contribution in [3.8, 4) is 0 Å². The molecule has 1 unspecified atom stereocenters. The van der Waals surface area contributed by atoms with Crippen LogP contribution in [0.2, 0.25) is 0 Å². The van der Waals surface area contributed by atoms with Crippen molar-refractivity contribution >= 4 is 11.8 Å². The molecule has 1 atom stereocenters. The molecule has 1 rings (SSSR count). The first kappa shape index (κ1) is 17.9. The van der Waals surface area contributed by atoms with E-state index in [1.807, 2.05) is 30.3 Å². The van der Waals surface area contributed by atoms with Crippen molar-refractivity contribution in [1.82, 2.24) is 4.90 Å². The van der Waals surface area contributed by atoms with Crippen LogP contribution in [-0.2, 0) is 20.9 Å². The van der Waals surface area contributed by atoms with E-state index >= 15 is 0 Å². The Labute approximate surface area is 131 Å². The monoisotopic (exact) mass is 304 g/mol. The highest BCUT2D eigenvalue weighted by molar-refractivity contribution is 5.81. The molecule has 2 N–H and O–H groups in total. The third-order valence-electron chi connectivity index (χ3n) is 3.19. The Balaban J connectivity index is 2.68. The van der Waals surface area contributed by atoms with E-state index in [0.717, 1.165) is 5.56 Å². The first-order valence-electron chi connectivity index (χ1n) is 7.38. The number of benzene rings is 1. The zero-order valence-corrected chi connectivity index (χ0v) is 13.0. The molecular formula is C17H24N2O3. The maximum atomic E-state index is 12.5. The number of carbonyl (C=O) groups is 2. The summed E-state index contributed by atoms with van der Waals surface area (Å²) in [7, 11) is 0. The molecule has 0 fully saturated rings. The van der Waals surface area contributed by atoms with Crippen LogP contribution in [0.25, 0.3) is 0 Å². The van der Waals surface area contributed by atoms with Crippen LogP contribution < -0.4 is 5.73 Å². The molecule has 0 bridgehead atoms. The summed E-state index contributed by atoms with van der Waals surface area (Å²) in [6, 6.07) is 9.62. The average molecular weight is 304 g/mol. The number of hydrogen-bond donors (Lipinski definition) is 1. The van der Waals surface area contributed by atoms with Gasteiger partial charge in [0, 0.05) is 19.5 Å². The van der Waals surface area contributed by atoms with Crippen molar-refractivity contribution in [3.05, 3.63) is 48.6 Å². The second-order valence-electron chi connectivity index (χ2n) is 5.05. The van der Waals surface area contributed by atoms with E-state index in [1.54, 1.807) is 17.9 Å². The number of ether oxygens (including phenoxy) is 1. The van der Waals surface area contributed by atoms with Crippen molar-refractivity contribution in [1.29, 1.82) is 0 Å². The van der Waals surface area contributed by atoms with Crippen LogP contribution in [0.4, 0.5) is 0 Å². The molecule has 0 saturated heterocycles. The molecule has 1 aromatic carbocycles. The lowest BCUT2D eigenvalue weighted by molar-refractivity contribution is -0.143. The molecule has 22 heavy (non-hydrogen) atoms. The van der Waals surface area contributed by atoms with Crippen molar-refractivity contribution in [2.24, 2.45) is 5.73 Å². The van der Waals surface area contributed by atoms with Crippen molar-refractivity contribution < 1.29 is 14.3 Å². The zero-order valence-electron chi connectivity index (χ0n) is 13.0. The lowest BCUT2D eigenvalue weighted by Crippen LogP contribution is -2.40. The van der Waals surface area contributed by atoms with Gasteiger partial charge in [0.05, 0.1) is 6.61 Å². The fourth-order valence-electron chi connectivity index (χ4n) is 1.97. The molecule has 0 saturated carbocycles. The quantitative estimate of drug-likeness (QED) is 0.530. The van der Waals surface area contributed by atoms with Gasteiger partial charge in [-0.25, -0.2) is 0 Å². The summed E-state index contributed by atoms with van der Waals surface area (Å²) in [5.74, 6) is -0.569. The fourth-order valence-corrected chi connectivity index (χ4v) is 1.97. The summed E-state index contributed by atoms with van der Waals surface area (Å²) >= 11 is 0. The summed E-state index contributed by atoms with van der Waals surface area (Å²) in [4.78, 5) is 25.1. The number of nitrogens with two attached hydrogens (primary N) is 1. The van der Waals surface area contributed by atoms with Gasteiger partial charge in [-0.2, -0.15) is 0 Å². The molecule has 0 heterocycles. The highest BCUT2D eigenvalue weighted by Gasteiger charge is 2.21. The van der Waals surface area contributed by atoms with Gasteiger partial charge in [0.2, 0.25) is 5.91 Å². The molecule has 0 spiro atoms. The van der Waals surface area contributed by atoms with E-state index in [1.165, 1.54) is 0 Å². The smallest absolute Gasteiger partial charge is 0.251 e. The second-order valence-corrected chi connectivity index (χ2v) is 5.05. The molecule has 2 amide bonds. The van der Waals surface area contributed by atoms with Gasteiger partial charge in [-0.05, 0) is 18.9 Å². The lowest BCUT2D eigenvalue weighted by Gasteiger charge is -2.25. The largest absolute Gasteiger partial charge is 0.370 e. The summed E-state index contributed by atoms with van der Waals surface area (Å²) in [6.45, 7) is 6.50. The number of nitrogens with zero attached hydrogens (tertiary/aromatic N) is 1. The molecule has 0 aliphatic rings. The summed E-state index contributed by atoms with van der Waals surface area (Å²) in [6.07, 6.45) is 2.01. The minimum absolute atomic E-state index is 0.137. The third-order valence-corrected chi connectivity index (χ3v) is 3.19. The standard InChI is InChI=1S/C17H24N2O3/c1-3-4-12-22-14(2)17(21)19(11-10-16(18)20)13-15-8-6-5-7-9-15/h3,5-9,14H,1,4,10-13H2,2H3,(H2,18,20). The first-order chi connectivity index (χ1) is 10.5. The van der Waals surface area contributed by atoms with E-state index in [4.69, 9.17) is 10.5 Å². The van der Waals surface area contributed by atoms with Gasteiger partial charge >= 0.3 is 0 Å². The highest BCUT2D eigenvalue weighted by atomic mass is 16.5. The molecule has 0 aromatic heterocycles. The number of rotatable bonds is 10. The summed E-state index contributed by atoms with van der Waals surface area (Å²) < 4.78 is 5.49. The topological polar surface area (TPSA) is 72.6 Å². The predicted molar refractivity (Wildman–Crippen MR) is 85.9 cm³/mol. The van der Waals surface area contributed by atoms with E-state index in [9.17, 15) is 9.59 Å². The van der Waals surface area contributed by atoms with Gasteiger partial charge in [0.25, 0.3) is 5.91 Å². The molecule has 1 aromatic rings. The highest BCUT2D eigenvalue weighted by Crippen LogP contribution is 2.09. The SMILES string of the molecule is C=CCCOC(C)C(=O)N(CCC(N)=O)Cc1ccccc1. The van der Waals surface area contributed by atoms with Crippen LogP contribution in [0.15, 0.2) is 43.0 Å². The Morgan fingerprint density at radius 1 is 1.36 bits per heavy atom. The Hall–Kier alpha value is -2.14. The van der Waals surface area contributed by atoms with E-state index in [2.05, 4.69) is 6.58 Å². The zero-order chi connectivity index (χ0) is 16.4. The fraction of sp³-hybridized carbons (Fsp3) is 0.412. The number of carbonyl (C=O) groups excluding carboxylic acids is 2. The molecular weight excluding hydrogens is 280 g/mol. The van der Waals surface area contributed by atoms with Crippen molar-refractivity contribution in [2.75, 3.05) is 13.2 Å². The van der Waals surface area contributed by atoms with Gasteiger partial charge in [-0.3, -0.25) is 9.59 Å². The summed E-state index contributed by atoms with van der Waals surface area (Å²) in [5.41, 5.74) is 6.19. The van der Waals surface area contributed by atoms with E-state index in [-0.39, 0.29) is 18.9 Å². The second kappa shape index (κ2) is 9.73. The van der Waals surface area contributed by atoms with Crippen molar-refractivity contribution in [2.45, 2.75) is 32.4 Å². The van der Waals surface area contributed by atoms with E-state index in [0.29, 0.717) is 19.6 Å².